The summed E-state index contributed by atoms with van der Waals surface area (Å²) in [4.78, 5) is 15.8. The zero-order valence-electron chi connectivity index (χ0n) is 16.7. The second-order valence-corrected chi connectivity index (χ2v) is 7.52. The van der Waals surface area contributed by atoms with Gasteiger partial charge in [-0.05, 0) is 32.7 Å². The molecule has 0 amide bonds. The van der Waals surface area contributed by atoms with Crippen molar-refractivity contribution in [1.29, 1.82) is 0 Å². The van der Waals surface area contributed by atoms with Gasteiger partial charge in [0.05, 0.1) is 25.6 Å². The number of pyridine rings is 1. The lowest BCUT2D eigenvalue weighted by molar-refractivity contribution is 0.228. The molecule has 2 aromatic heterocycles. The van der Waals surface area contributed by atoms with Crippen LogP contribution >= 0.6 is 0 Å². The van der Waals surface area contributed by atoms with Crippen LogP contribution in [0.4, 0.5) is 17.5 Å². The van der Waals surface area contributed by atoms with Crippen molar-refractivity contribution in [3.05, 3.63) is 24.0 Å². The molecule has 1 aliphatic carbocycles. The van der Waals surface area contributed by atoms with Crippen molar-refractivity contribution < 1.29 is 9.47 Å². The molecule has 2 fully saturated rings. The smallest absolute Gasteiger partial charge is 0.256 e. The van der Waals surface area contributed by atoms with Crippen LogP contribution < -0.4 is 20.1 Å². The Balaban J connectivity index is 1.43. The maximum absolute atomic E-state index is 6.10. The molecule has 28 heavy (non-hydrogen) atoms. The number of nitrogens with one attached hydrogen (secondary N) is 2. The highest BCUT2D eigenvalue weighted by Crippen LogP contribution is 2.33. The summed E-state index contributed by atoms with van der Waals surface area (Å²) in [5.41, 5.74) is 1.63. The molecule has 8 heteroatoms. The van der Waals surface area contributed by atoms with Crippen LogP contribution in [-0.4, -0.2) is 59.7 Å². The zero-order valence-corrected chi connectivity index (χ0v) is 16.7. The van der Waals surface area contributed by atoms with Gasteiger partial charge in [-0.3, -0.25) is 4.90 Å². The standard InChI is InChI=1S/C20H28N6O2/c1-13-8-18(21-2)25-20(23-13)24-15-9-17(19(27-3)22-10-15)28-12-14-6-7-26(11-14)16-4-5-16/h8-10,14,16H,4-7,11-12H2,1-3H3,(H2,21,23,24,25)/t14-/m0/s1. The Hall–Kier alpha value is -2.61. The maximum Gasteiger partial charge on any atom is 0.256 e. The molecule has 2 aliphatic rings. The van der Waals surface area contributed by atoms with Crippen LogP contribution in [0.1, 0.15) is 25.0 Å². The zero-order chi connectivity index (χ0) is 19.5. The molecule has 0 bridgehead atoms. The topological polar surface area (TPSA) is 84.4 Å². The fraction of sp³-hybridized carbons (Fsp3) is 0.550. The number of rotatable bonds is 8. The first-order chi connectivity index (χ1) is 13.6. The molecule has 1 atom stereocenters. The van der Waals surface area contributed by atoms with Crippen molar-refractivity contribution in [2.75, 3.05) is 44.5 Å². The second-order valence-electron chi connectivity index (χ2n) is 7.52. The minimum absolute atomic E-state index is 0.490. The minimum atomic E-state index is 0.490. The first-order valence-corrected chi connectivity index (χ1v) is 9.86. The van der Waals surface area contributed by atoms with Crippen LogP contribution in [0.15, 0.2) is 18.3 Å². The van der Waals surface area contributed by atoms with Crippen molar-refractivity contribution in [3.63, 3.8) is 0 Å². The van der Waals surface area contributed by atoms with Crippen LogP contribution in [0.3, 0.4) is 0 Å². The fourth-order valence-electron chi connectivity index (χ4n) is 3.62. The minimum Gasteiger partial charge on any atom is -0.488 e. The molecule has 1 saturated carbocycles. The third kappa shape index (κ3) is 4.44. The van der Waals surface area contributed by atoms with Gasteiger partial charge >= 0.3 is 0 Å². The predicted molar refractivity (Wildman–Crippen MR) is 109 cm³/mol. The summed E-state index contributed by atoms with van der Waals surface area (Å²) in [5, 5.41) is 6.24. The van der Waals surface area contributed by atoms with E-state index in [0.717, 1.165) is 29.8 Å². The first kappa shape index (κ1) is 18.7. The Labute approximate surface area is 165 Å². The second kappa shape index (κ2) is 8.18. The Morgan fingerprint density at radius 1 is 1.21 bits per heavy atom. The first-order valence-electron chi connectivity index (χ1n) is 9.86. The molecule has 0 spiro atoms. The van der Waals surface area contributed by atoms with E-state index in [0.29, 0.717) is 30.1 Å². The predicted octanol–water partition coefficient (Wildman–Crippen LogP) is 2.84. The van der Waals surface area contributed by atoms with Crippen molar-refractivity contribution in [3.8, 4) is 11.6 Å². The Kier molecular flexibility index (Phi) is 5.47. The molecule has 1 aliphatic heterocycles. The highest BCUT2D eigenvalue weighted by molar-refractivity contribution is 5.58. The number of hydrogen-bond acceptors (Lipinski definition) is 8. The molecular weight excluding hydrogens is 356 g/mol. The summed E-state index contributed by atoms with van der Waals surface area (Å²) in [6.07, 6.45) is 5.60. The molecule has 0 aromatic carbocycles. The normalized spacial score (nSPS) is 19.5. The average Bonchev–Trinajstić information content (AvgIpc) is 3.44. The largest absolute Gasteiger partial charge is 0.488 e. The third-order valence-electron chi connectivity index (χ3n) is 5.23. The quantitative estimate of drug-likeness (QED) is 0.719. The highest BCUT2D eigenvalue weighted by Gasteiger charge is 2.34. The Morgan fingerprint density at radius 2 is 2.07 bits per heavy atom. The van der Waals surface area contributed by atoms with E-state index in [2.05, 4.69) is 30.5 Å². The number of hydrogen-bond donors (Lipinski definition) is 2. The summed E-state index contributed by atoms with van der Waals surface area (Å²) in [7, 11) is 3.44. The molecular formula is C20H28N6O2. The van der Waals surface area contributed by atoms with E-state index in [1.165, 1.54) is 25.8 Å². The van der Waals surface area contributed by atoms with Gasteiger partial charge in [-0.15, -0.1) is 0 Å². The monoisotopic (exact) mass is 384 g/mol. The molecule has 0 unspecified atom stereocenters. The number of ether oxygens (including phenoxy) is 2. The van der Waals surface area contributed by atoms with Gasteiger partial charge in [-0.25, -0.2) is 9.97 Å². The molecule has 4 rings (SSSR count). The van der Waals surface area contributed by atoms with Crippen LogP contribution in [0.5, 0.6) is 11.6 Å². The number of aryl methyl sites for hydroxylation is 1. The fourth-order valence-corrected chi connectivity index (χ4v) is 3.62. The molecule has 8 nitrogen and oxygen atoms in total. The van der Waals surface area contributed by atoms with Gasteiger partial charge in [0.1, 0.15) is 5.82 Å². The summed E-state index contributed by atoms with van der Waals surface area (Å²) in [5.74, 6) is 2.95. The number of nitrogens with zero attached hydrogens (tertiary/aromatic N) is 4. The van der Waals surface area contributed by atoms with Crippen molar-refractivity contribution in [2.24, 2.45) is 5.92 Å². The average molecular weight is 384 g/mol. The highest BCUT2D eigenvalue weighted by atomic mass is 16.5. The van der Waals surface area contributed by atoms with Crippen molar-refractivity contribution in [2.45, 2.75) is 32.2 Å². The van der Waals surface area contributed by atoms with E-state index in [1.807, 2.05) is 26.1 Å². The number of aromatic nitrogens is 3. The van der Waals surface area contributed by atoms with E-state index >= 15 is 0 Å². The van der Waals surface area contributed by atoms with Crippen LogP contribution in [0.2, 0.25) is 0 Å². The van der Waals surface area contributed by atoms with Crippen molar-refractivity contribution in [1.82, 2.24) is 19.9 Å². The summed E-state index contributed by atoms with van der Waals surface area (Å²) in [6, 6.07) is 4.61. The van der Waals surface area contributed by atoms with E-state index in [9.17, 15) is 0 Å². The van der Waals surface area contributed by atoms with Gasteiger partial charge in [-0.1, -0.05) is 0 Å². The van der Waals surface area contributed by atoms with E-state index in [-0.39, 0.29) is 0 Å². The van der Waals surface area contributed by atoms with Crippen LogP contribution in [-0.2, 0) is 0 Å². The molecule has 0 radical (unpaired) electrons. The molecule has 3 heterocycles. The van der Waals surface area contributed by atoms with Gasteiger partial charge in [0.25, 0.3) is 5.88 Å². The van der Waals surface area contributed by atoms with Crippen LogP contribution in [0, 0.1) is 12.8 Å². The summed E-state index contributed by atoms with van der Waals surface area (Å²) in [6.45, 7) is 4.92. The molecule has 2 N–H and O–H groups in total. The van der Waals surface area contributed by atoms with Gasteiger partial charge in [-0.2, -0.15) is 4.98 Å². The van der Waals surface area contributed by atoms with E-state index in [4.69, 9.17) is 9.47 Å². The molecule has 150 valence electrons. The number of anilines is 3. The Bertz CT molecular complexity index is 826. The van der Waals surface area contributed by atoms with E-state index in [1.54, 1.807) is 13.3 Å². The molecule has 2 aromatic rings. The van der Waals surface area contributed by atoms with Gasteiger partial charge in [0, 0.05) is 43.4 Å². The van der Waals surface area contributed by atoms with Gasteiger partial charge < -0.3 is 20.1 Å². The maximum atomic E-state index is 6.10. The summed E-state index contributed by atoms with van der Waals surface area (Å²) >= 11 is 0. The SMILES string of the molecule is CNc1cc(C)nc(Nc2cnc(OC)c(OC[C@H]3CCN(C4CC4)C3)c2)n1. The number of likely N-dealkylation sites (tertiary alicyclic amines) is 1. The van der Waals surface area contributed by atoms with Crippen LogP contribution in [0.25, 0.3) is 0 Å². The lowest BCUT2D eigenvalue weighted by Gasteiger charge is -2.16. The lowest BCUT2D eigenvalue weighted by Crippen LogP contribution is -2.24. The summed E-state index contributed by atoms with van der Waals surface area (Å²) < 4.78 is 11.5. The van der Waals surface area contributed by atoms with E-state index < -0.39 is 0 Å². The third-order valence-corrected chi connectivity index (χ3v) is 5.23. The Morgan fingerprint density at radius 3 is 2.82 bits per heavy atom. The van der Waals surface area contributed by atoms with Gasteiger partial charge in [0.15, 0.2) is 5.75 Å². The van der Waals surface area contributed by atoms with Crippen molar-refractivity contribution >= 4 is 17.5 Å². The molecule has 1 saturated heterocycles. The lowest BCUT2D eigenvalue weighted by atomic mass is 10.1. The number of methoxy groups -OCH3 is 1. The van der Waals surface area contributed by atoms with Gasteiger partial charge in [0.2, 0.25) is 5.95 Å².